The summed E-state index contributed by atoms with van der Waals surface area (Å²) in [5, 5.41) is 10.4. The molecule has 0 aromatic heterocycles. The lowest BCUT2D eigenvalue weighted by molar-refractivity contribution is -0.0229. The molecule has 1 aliphatic heterocycles. The van der Waals surface area contributed by atoms with E-state index in [1.165, 1.54) is 6.07 Å². The number of likely N-dealkylation sites (tertiary alicyclic amines) is 1. The van der Waals surface area contributed by atoms with Crippen molar-refractivity contribution in [3.63, 3.8) is 0 Å². The largest absolute Gasteiger partial charge is 0.388 e. The van der Waals surface area contributed by atoms with E-state index in [1.54, 1.807) is 12.1 Å². The predicted octanol–water partition coefficient (Wildman–Crippen LogP) is 1.82. The third-order valence-corrected chi connectivity index (χ3v) is 3.22. The molecule has 1 aromatic rings. The van der Waals surface area contributed by atoms with Crippen LogP contribution in [0.2, 0.25) is 0 Å². The van der Waals surface area contributed by atoms with Crippen LogP contribution in [0.1, 0.15) is 18.4 Å². The van der Waals surface area contributed by atoms with Crippen LogP contribution in [0.25, 0.3) is 0 Å². The summed E-state index contributed by atoms with van der Waals surface area (Å²) in [5.74, 6) is -0.218. The first kappa shape index (κ1) is 11.6. The zero-order valence-corrected chi connectivity index (χ0v) is 9.62. The fourth-order valence-electron chi connectivity index (χ4n) is 2.48. The monoisotopic (exact) mass is 223 g/mol. The van der Waals surface area contributed by atoms with Gasteiger partial charge in [-0.2, -0.15) is 0 Å². The number of benzene rings is 1. The van der Waals surface area contributed by atoms with Crippen LogP contribution in [0.15, 0.2) is 24.3 Å². The highest BCUT2D eigenvalue weighted by atomic mass is 19.1. The van der Waals surface area contributed by atoms with E-state index in [0.717, 1.165) is 19.4 Å². The van der Waals surface area contributed by atoms with Crippen LogP contribution in [0, 0.1) is 5.82 Å². The molecule has 0 radical (unpaired) electrons. The van der Waals surface area contributed by atoms with Gasteiger partial charge in [0.15, 0.2) is 0 Å². The summed E-state index contributed by atoms with van der Waals surface area (Å²) in [6.45, 7) is 1.64. The van der Waals surface area contributed by atoms with Crippen LogP contribution in [-0.4, -0.2) is 35.7 Å². The molecule has 1 unspecified atom stereocenters. The maximum atomic E-state index is 13.5. The van der Waals surface area contributed by atoms with Gasteiger partial charge in [0.1, 0.15) is 5.82 Å². The van der Waals surface area contributed by atoms with E-state index < -0.39 is 5.60 Å². The second-order valence-corrected chi connectivity index (χ2v) is 4.83. The lowest BCUT2D eigenvalue weighted by Gasteiger charge is -2.37. The molecule has 1 saturated heterocycles. The molecule has 0 spiro atoms. The molecule has 0 amide bonds. The van der Waals surface area contributed by atoms with Crippen molar-refractivity contribution >= 4 is 0 Å². The van der Waals surface area contributed by atoms with Gasteiger partial charge in [-0.15, -0.1) is 0 Å². The predicted molar refractivity (Wildman–Crippen MR) is 61.8 cm³/mol. The van der Waals surface area contributed by atoms with Crippen molar-refractivity contribution in [2.75, 3.05) is 20.1 Å². The summed E-state index contributed by atoms with van der Waals surface area (Å²) < 4.78 is 13.5. The Kier molecular flexibility index (Phi) is 3.26. The van der Waals surface area contributed by atoms with Crippen molar-refractivity contribution in [2.45, 2.75) is 24.9 Å². The van der Waals surface area contributed by atoms with Gasteiger partial charge in [0.25, 0.3) is 0 Å². The van der Waals surface area contributed by atoms with E-state index in [2.05, 4.69) is 4.90 Å². The minimum absolute atomic E-state index is 0.218. The Bertz CT molecular complexity index is 369. The second kappa shape index (κ2) is 4.52. The number of likely N-dealkylation sites (N-methyl/N-ethyl adjacent to an activating group) is 1. The number of aliphatic hydroxyl groups is 1. The SMILES string of the molecule is CN1CCCC(O)(Cc2ccccc2F)C1. The molecule has 1 aromatic carbocycles. The molecule has 0 aliphatic carbocycles. The summed E-state index contributed by atoms with van der Waals surface area (Å²) in [7, 11) is 1.99. The second-order valence-electron chi connectivity index (χ2n) is 4.83. The van der Waals surface area contributed by atoms with Crippen molar-refractivity contribution in [3.8, 4) is 0 Å². The van der Waals surface area contributed by atoms with E-state index in [4.69, 9.17) is 0 Å². The first-order valence-electron chi connectivity index (χ1n) is 5.73. The van der Waals surface area contributed by atoms with Crippen LogP contribution >= 0.6 is 0 Å². The third-order valence-electron chi connectivity index (χ3n) is 3.22. The Hall–Kier alpha value is -0.930. The normalized spacial score (nSPS) is 26.9. The lowest BCUT2D eigenvalue weighted by atomic mass is 9.86. The third kappa shape index (κ3) is 2.60. The van der Waals surface area contributed by atoms with E-state index in [0.29, 0.717) is 18.5 Å². The molecule has 0 bridgehead atoms. The first-order valence-corrected chi connectivity index (χ1v) is 5.73. The van der Waals surface area contributed by atoms with Crippen LogP contribution < -0.4 is 0 Å². The highest BCUT2D eigenvalue weighted by Crippen LogP contribution is 2.25. The van der Waals surface area contributed by atoms with Crippen molar-refractivity contribution in [1.82, 2.24) is 4.90 Å². The van der Waals surface area contributed by atoms with Gasteiger partial charge in [-0.3, -0.25) is 0 Å². The Balaban J connectivity index is 2.11. The van der Waals surface area contributed by atoms with Gasteiger partial charge < -0.3 is 10.0 Å². The Morgan fingerprint density at radius 1 is 1.44 bits per heavy atom. The highest BCUT2D eigenvalue weighted by Gasteiger charge is 2.32. The minimum atomic E-state index is -0.769. The standard InChI is InChI=1S/C13H18FNO/c1-15-8-4-7-13(16,10-15)9-11-5-2-3-6-12(11)14/h2-3,5-6,16H,4,7-10H2,1H3. The van der Waals surface area contributed by atoms with Crippen molar-refractivity contribution < 1.29 is 9.50 Å². The number of piperidine rings is 1. The van der Waals surface area contributed by atoms with Crippen LogP contribution in [0.3, 0.4) is 0 Å². The van der Waals surface area contributed by atoms with E-state index >= 15 is 0 Å². The van der Waals surface area contributed by atoms with Gasteiger partial charge in [-0.25, -0.2) is 4.39 Å². The topological polar surface area (TPSA) is 23.5 Å². The molecule has 1 N–H and O–H groups in total. The molecule has 1 atom stereocenters. The van der Waals surface area contributed by atoms with Gasteiger partial charge in [-0.05, 0) is 38.1 Å². The average molecular weight is 223 g/mol. The summed E-state index contributed by atoms with van der Waals surface area (Å²) in [6, 6.07) is 6.69. The zero-order valence-electron chi connectivity index (χ0n) is 9.62. The molecule has 16 heavy (non-hydrogen) atoms. The fourth-order valence-corrected chi connectivity index (χ4v) is 2.48. The van der Waals surface area contributed by atoms with Gasteiger partial charge in [0.05, 0.1) is 5.60 Å². The smallest absolute Gasteiger partial charge is 0.126 e. The quantitative estimate of drug-likeness (QED) is 0.826. The summed E-state index contributed by atoms with van der Waals surface area (Å²) in [4.78, 5) is 2.10. The van der Waals surface area contributed by atoms with Crippen LogP contribution in [0.4, 0.5) is 4.39 Å². The molecule has 1 aliphatic rings. The number of β-amino-alcohol motifs (C(OH)–C–C–N with tert-alkyl or cyclic N) is 1. The van der Waals surface area contributed by atoms with E-state index in [9.17, 15) is 9.50 Å². The van der Waals surface area contributed by atoms with Crippen molar-refractivity contribution in [1.29, 1.82) is 0 Å². The lowest BCUT2D eigenvalue weighted by Crippen LogP contribution is -2.47. The number of nitrogens with zero attached hydrogens (tertiary/aromatic N) is 1. The average Bonchev–Trinajstić information content (AvgIpc) is 2.21. The summed E-state index contributed by atoms with van der Waals surface area (Å²) >= 11 is 0. The van der Waals surface area contributed by atoms with Crippen molar-refractivity contribution in [3.05, 3.63) is 35.6 Å². The first-order chi connectivity index (χ1) is 7.59. The Morgan fingerprint density at radius 2 is 2.19 bits per heavy atom. The minimum Gasteiger partial charge on any atom is -0.388 e. The number of halogens is 1. The zero-order chi connectivity index (χ0) is 11.6. The number of hydrogen-bond acceptors (Lipinski definition) is 2. The molecule has 1 fully saturated rings. The Morgan fingerprint density at radius 3 is 2.88 bits per heavy atom. The van der Waals surface area contributed by atoms with Gasteiger partial charge in [0, 0.05) is 13.0 Å². The Labute approximate surface area is 95.7 Å². The number of hydrogen-bond donors (Lipinski definition) is 1. The summed E-state index contributed by atoms with van der Waals surface area (Å²) in [5.41, 5.74) is -0.157. The van der Waals surface area contributed by atoms with Crippen molar-refractivity contribution in [2.24, 2.45) is 0 Å². The van der Waals surface area contributed by atoms with E-state index in [-0.39, 0.29) is 5.82 Å². The molecule has 1 heterocycles. The molecule has 2 nitrogen and oxygen atoms in total. The molecular formula is C13H18FNO. The maximum Gasteiger partial charge on any atom is 0.126 e. The molecular weight excluding hydrogens is 205 g/mol. The summed E-state index contributed by atoms with van der Waals surface area (Å²) in [6.07, 6.45) is 2.14. The van der Waals surface area contributed by atoms with Gasteiger partial charge in [-0.1, -0.05) is 18.2 Å². The maximum absolute atomic E-state index is 13.5. The highest BCUT2D eigenvalue weighted by molar-refractivity contribution is 5.19. The molecule has 0 saturated carbocycles. The van der Waals surface area contributed by atoms with Crippen LogP contribution in [-0.2, 0) is 6.42 Å². The number of rotatable bonds is 2. The molecule has 88 valence electrons. The van der Waals surface area contributed by atoms with Gasteiger partial charge >= 0.3 is 0 Å². The molecule has 3 heteroatoms. The van der Waals surface area contributed by atoms with Crippen LogP contribution in [0.5, 0.6) is 0 Å². The molecule has 2 rings (SSSR count). The van der Waals surface area contributed by atoms with Gasteiger partial charge in [0.2, 0.25) is 0 Å². The fraction of sp³-hybridized carbons (Fsp3) is 0.538. The van der Waals surface area contributed by atoms with E-state index in [1.807, 2.05) is 13.1 Å².